The van der Waals surface area contributed by atoms with Crippen molar-refractivity contribution in [3.63, 3.8) is 0 Å². The number of rotatable bonds is 4. The highest BCUT2D eigenvalue weighted by molar-refractivity contribution is 5.76. The van der Waals surface area contributed by atoms with E-state index in [9.17, 15) is 9.59 Å². The van der Waals surface area contributed by atoms with E-state index in [0.717, 1.165) is 12.3 Å². The van der Waals surface area contributed by atoms with Crippen LogP contribution in [0.3, 0.4) is 0 Å². The molecular formula is C11H18N2O4. The minimum absolute atomic E-state index is 0.218. The van der Waals surface area contributed by atoms with Crippen LogP contribution < -0.4 is 10.6 Å². The first-order valence-corrected chi connectivity index (χ1v) is 6.01. The Balaban J connectivity index is 1.69. The first kappa shape index (κ1) is 12.2. The zero-order valence-corrected chi connectivity index (χ0v) is 9.56. The maximum atomic E-state index is 11.5. The molecule has 0 radical (unpaired) electrons. The van der Waals surface area contributed by atoms with Crippen molar-refractivity contribution >= 4 is 12.0 Å². The van der Waals surface area contributed by atoms with Gasteiger partial charge in [0.15, 0.2) is 6.10 Å². The molecule has 2 rings (SSSR count). The zero-order chi connectivity index (χ0) is 12.4. The summed E-state index contributed by atoms with van der Waals surface area (Å²) in [5.74, 6) is -0.00437. The summed E-state index contributed by atoms with van der Waals surface area (Å²) in [5.41, 5.74) is 0. The Labute approximate surface area is 99.4 Å². The molecular weight excluding hydrogens is 224 g/mol. The molecule has 2 bridgehead atoms. The molecule has 2 saturated carbocycles. The van der Waals surface area contributed by atoms with Gasteiger partial charge in [-0.15, -0.1) is 0 Å². The van der Waals surface area contributed by atoms with Crippen molar-refractivity contribution in [3.05, 3.63) is 0 Å². The van der Waals surface area contributed by atoms with E-state index in [1.165, 1.54) is 19.3 Å². The van der Waals surface area contributed by atoms with Crippen molar-refractivity contribution < 1.29 is 19.8 Å². The Bertz CT molecular complexity index is 321. The predicted octanol–water partition coefficient (Wildman–Crippen LogP) is -0.0803. The quantitative estimate of drug-likeness (QED) is 0.554. The first-order valence-electron chi connectivity index (χ1n) is 6.01. The van der Waals surface area contributed by atoms with Crippen LogP contribution in [-0.2, 0) is 4.79 Å². The second-order valence-electron chi connectivity index (χ2n) is 4.99. The third kappa shape index (κ3) is 2.88. The molecule has 0 aliphatic heterocycles. The summed E-state index contributed by atoms with van der Waals surface area (Å²) in [7, 11) is 0. The largest absolute Gasteiger partial charge is 0.479 e. The second kappa shape index (κ2) is 4.91. The monoisotopic (exact) mass is 242 g/mol. The van der Waals surface area contributed by atoms with Crippen LogP contribution >= 0.6 is 0 Å². The number of nitrogens with one attached hydrogen (secondary N) is 2. The molecule has 3 unspecified atom stereocenters. The fourth-order valence-electron chi connectivity index (χ4n) is 2.92. The van der Waals surface area contributed by atoms with E-state index in [2.05, 4.69) is 10.6 Å². The average molecular weight is 242 g/mol. The van der Waals surface area contributed by atoms with E-state index in [1.807, 2.05) is 0 Å². The van der Waals surface area contributed by atoms with E-state index >= 15 is 0 Å². The number of aliphatic hydroxyl groups is 1. The van der Waals surface area contributed by atoms with Crippen molar-refractivity contribution in [2.75, 3.05) is 6.54 Å². The maximum Gasteiger partial charge on any atom is 0.334 e. The molecule has 2 aliphatic carbocycles. The molecule has 0 spiro atoms. The van der Waals surface area contributed by atoms with Gasteiger partial charge in [-0.25, -0.2) is 9.59 Å². The van der Waals surface area contributed by atoms with Crippen molar-refractivity contribution in [2.24, 2.45) is 11.8 Å². The van der Waals surface area contributed by atoms with Gasteiger partial charge >= 0.3 is 12.0 Å². The van der Waals surface area contributed by atoms with Crippen LogP contribution in [0.4, 0.5) is 4.79 Å². The van der Waals surface area contributed by atoms with Crippen molar-refractivity contribution in [2.45, 2.75) is 37.8 Å². The SMILES string of the molecule is O=C(NC[C@H](O)C(=O)O)NC1CC2CCC1C2. The average Bonchev–Trinajstić information content (AvgIpc) is 2.87. The van der Waals surface area contributed by atoms with Crippen LogP contribution in [0.25, 0.3) is 0 Å². The molecule has 4 N–H and O–H groups in total. The Kier molecular flexibility index (Phi) is 3.51. The number of hydrogen-bond donors (Lipinski definition) is 4. The smallest absolute Gasteiger partial charge is 0.334 e. The summed E-state index contributed by atoms with van der Waals surface area (Å²) in [6.07, 6.45) is 3.12. The third-order valence-electron chi connectivity index (χ3n) is 3.80. The lowest BCUT2D eigenvalue weighted by Crippen LogP contribution is -2.47. The van der Waals surface area contributed by atoms with Crippen LogP contribution in [-0.4, -0.2) is 40.9 Å². The van der Waals surface area contributed by atoms with E-state index < -0.39 is 12.1 Å². The summed E-state index contributed by atoms with van der Waals surface area (Å²) in [5, 5.41) is 22.7. The van der Waals surface area contributed by atoms with E-state index in [1.54, 1.807) is 0 Å². The molecule has 96 valence electrons. The molecule has 2 fully saturated rings. The highest BCUT2D eigenvalue weighted by Gasteiger charge is 2.40. The lowest BCUT2D eigenvalue weighted by Gasteiger charge is -2.23. The molecule has 4 atom stereocenters. The first-order chi connectivity index (χ1) is 8.06. The molecule has 0 aromatic rings. The van der Waals surface area contributed by atoms with Gasteiger partial charge in [0.25, 0.3) is 0 Å². The Morgan fingerprint density at radius 3 is 2.59 bits per heavy atom. The minimum Gasteiger partial charge on any atom is -0.479 e. The van der Waals surface area contributed by atoms with E-state index in [0.29, 0.717) is 5.92 Å². The highest BCUT2D eigenvalue weighted by atomic mass is 16.4. The summed E-state index contributed by atoms with van der Waals surface area (Å²) in [6, 6.07) is -0.168. The summed E-state index contributed by atoms with van der Waals surface area (Å²) < 4.78 is 0. The lowest BCUT2D eigenvalue weighted by atomic mass is 9.95. The molecule has 2 amide bonds. The van der Waals surface area contributed by atoms with Crippen molar-refractivity contribution in [1.82, 2.24) is 10.6 Å². The number of carboxylic acid groups (broad SMARTS) is 1. The fourth-order valence-corrected chi connectivity index (χ4v) is 2.92. The van der Waals surface area contributed by atoms with Gasteiger partial charge in [-0.3, -0.25) is 0 Å². The third-order valence-corrected chi connectivity index (χ3v) is 3.80. The minimum atomic E-state index is -1.54. The zero-order valence-electron chi connectivity index (χ0n) is 9.56. The fraction of sp³-hybridized carbons (Fsp3) is 0.818. The topological polar surface area (TPSA) is 98.7 Å². The normalized spacial score (nSPS) is 32.2. The van der Waals surface area contributed by atoms with Gasteiger partial charge in [-0.05, 0) is 31.1 Å². The summed E-state index contributed by atoms with van der Waals surface area (Å²) in [4.78, 5) is 21.8. The molecule has 17 heavy (non-hydrogen) atoms. The van der Waals surface area contributed by atoms with Crippen molar-refractivity contribution in [3.8, 4) is 0 Å². The number of carboxylic acids is 1. The van der Waals surface area contributed by atoms with Crippen LogP contribution in [0.5, 0.6) is 0 Å². The van der Waals surface area contributed by atoms with Gasteiger partial charge in [0.2, 0.25) is 0 Å². The molecule has 6 heteroatoms. The molecule has 0 aromatic carbocycles. The van der Waals surface area contributed by atoms with Crippen molar-refractivity contribution in [1.29, 1.82) is 0 Å². The second-order valence-corrected chi connectivity index (χ2v) is 4.99. The molecule has 0 heterocycles. The number of aliphatic hydroxyl groups excluding tert-OH is 1. The van der Waals surface area contributed by atoms with Gasteiger partial charge in [0, 0.05) is 6.04 Å². The van der Waals surface area contributed by atoms with Gasteiger partial charge in [0.05, 0.1) is 6.54 Å². The Morgan fingerprint density at radius 1 is 1.29 bits per heavy atom. The van der Waals surface area contributed by atoms with Gasteiger partial charge < -0.3 is 20.8 Å². The van der Waals surface area contributed by atoms with Crippen LogP contribution in [0.2, 0.25) is 0 Å². The highest BCUT2D eigenvalue weighted by Crippen LogP contribution is 2.44. The van der Waals surface area contributed by atoms with Crippen LogP contribution in [0.15, 0.2) is 0 Å². The van der Waals surface area contributed by atoms with E-state index in [-0.39, 0.29) is 18.6 Å². The number of carbonyl (C=O) groups is 2. The predicted molar refractivity (Wildman–Crippen MR) is 59.4 cm³/mol. The number of urea groups is 1. The van der Waals surface area contributed by atoms with Crippen LogP contribution in [0, 0.1) is 11.8 Å². The number of aliphatic carboxylic acids is 1. The molecule has 6 nitrogen and oxygen atoms in total. The number of carbonyl (C=O) groups excluding carboxylic acids is 1. The Morgan fingerprint density at radius 2 is 2.06 bits per heavy atom. The van der Waals surface area contributed by atoms with Crippen LogP contribution in [0.1, 0.15) is 25.7 Å². The summed E-state index contributed by atoms with van der Waals surface area (Å²) in [6.45, 7) is -0.262. The number of fused-ring (bicyclic) bond motifs is 2. The Hall–Kier alpha value is -1.30. The standard InChI is InChI=1S/C11H18N2O4/c14-9(10(15)16)5-12-11(17)13-8-4-6-1-2-7(8)3-6/h6-9,14H,1-5H2,(H,15,16)(H2,12,13,17)/t6?,7?,8?,9-/m0/s1. The molecule has 0 aromatic heterocycles. The van der Waals surface area contributed by atoms with Gasteiger partial charge in [-0.2, -0.15) is 0 Å². The molecule has 2 aliphatic rings. The van der Waals surface area contributed by atoms with Gasteiger partial charge in [0.1, 0.15) is 0 Å². The maximum absolute atomic E-state index is 11.5. The number of amides is 2. The van der Waals surface area contributed by atoms with Gasteiger partial charge in [-0.1, -0.05) is 6.42 Å². The number of hydrogen-bond acceptors (Lipinski definition) is 3. The van der Waals surface area contributed by atoms with E-state index in [4.69, 9.17) is 10.2 Å². The molecule has 0 saturated heterocycles. The lowest BCUT2D eigenvalue weighted by molar-refractivity contribution is -0.146. The summed E-state index contributed by atoms with van der Waals surface area (Å²) >= 11 is 0.